The van der Waals surface area contributed by atoms with Crippen LogP contribution in [-0.4, -0.2) is 75.6 Å². The van der Waals surface area contributed by atoms with Crippen molar-refractivity contribution in [2.45, 2.75) is 63.9 Å². The van der Waals surface area contributed by atoms with E-state index in [-0.39, 0.29) is 35.1 Å². The van der Waals surface area contributed by atoms with Gasteiger partial charge in [0, 0.05) is 23.4 Å². The maximum absolute atomic E-state index is 14.3. The summed E-state index contributed by atoms with van der Waals surface area (Å²) in [6, 6.07) is 8.55. The van der Waals surface area contributed by atoms with Gasteiger partial charge in [-0.05, 0) is 66.5 Å². The number of amides is 3. The van der Waals surface area contributed by atoms with E-state index in [1.165, 1.54) is 29.2 Å². The van der Waals surface area contributed by atoms with Crippen LogP contribution in [-0.2, 0) is 30.2 Å². The van der Waals surface area contributed by atoms with Crippen LogP contribution in [0.1, 0.15) is 61.3 Å². The topological polar surface area (TPSA) is 136 Å². The Labute approximate surface area is 274 Å². The molecule has 47 heavy (non-hydrogen) atoms. The van der Waals surface area contributed by atoms with E-state index in [0.29, 0.717) is 30.6 Å². The number of nitrogens with one attached hydrogen (secondary N) is 1. The molecule has 2 fully saturated rings. The van der Waals surface area contributed by atoms with E-state index in [1.807, 2.05) is 6.92 Å². The van der Waals surface area contributed by atoms with Gasteiger partial charge in [-0.25, -0.2) is 4.39 Å². The summed E-state index contributed by atoms with van der Waals surface area (Å²) in [5.74, 6) is -1.68. The number of thiophene rings is 1. The molecule has 3 atom stereocenters. The van der Waals surface area contributed by atoms with Crippen LogP contribution in [0.15, 0.2) is 48.5 Å². The second kappa shape index (κ2) is 12.6. The lowest BCUT2D eigenvalue weighted by molar-refractivity contribution is -0.157. The maximum Gasteiger partial charge on any atom is 0.399 e. The molecule has 10 nitrogen and oxygen atoms in total. The minimum absolute atomic E-state index is 0.112. The van der Waals surface area contributed by atoms with E-state index in [4.69, 9.17) is 14.5 Å². The first-order chi connectivity index (χ1) is 21.8. The number of hydrogen-bond donors (Lipinski definition) is 3. The zero-order valence-electron chi connectivity index (χ0n) is 26.3. The molecule has 2 unspecified atom stereocenters. The summed E-state index contributed by atoms with van der Waals surface area (Å²) < 4.78 is 60.0. The maximum atomic E-state index is 14.3. The average molecular weight is 696 g/mol. The number of fused-ring (bicyclic) bond motifs is 1. The Kier molecular flexibility index (Phi) is 9.41. The summed E-state index contributed by atoms with van der Waals surface area (Å²) in [7, 11) is -5.78. The lowest BCUT2D eigenvalue weighted by Gasteiger charge is -2.43. The molecule has 0 aliphatic carbocycles. The Balaban J connectivity index is 1.33. The third-order valence-electron chi connectivity index (χ3n) is 8.70. The fourth-order valence-electron chi connectivity index (χ4n) is 6.06. The fourth-order valence-corrected chi connectivity index (χ4v) is 7.48. The highest BCUT2D eigenvalue weighted by Crippen LogP contribution is 2.59. The number of likely N-dealkylation sites (tertiary alicyclic amines) is 1. The standard InChI is InChI=1S/C32H37F3N3O7PS/c1-30(2,3)26(36-27(39)25-17-19-16-21(9-12-24(19)47-25)32(34,35)46(42,43)44)29(41)38-13-5-6-23(38)28(40)37-14-15-45-31(4,18-37)20-7-10-22(33)11-8-20/h7-12,16-17,23,26H,5-6,13-15,18H2,1-4H3,(H,36,39)(H2,42,43,44)/t23-,26?,31?/m0/s1. The zero-order chi connectivity index (χ0) is 34.5. The Morgan fingerprint density at radius 1 is 1.09 bits per heavy atom. The van der Waals surface area contributed by atoms with Crippen LogP contribution in [0.4, 0.5) is 13.2 Å². The summed E-state index contributed by atoms with van der Waals surface area (Å²) in [5, 5.41) is 2.98. The van der Waals surface area contributed by atoms with Crippen molar-refractivity contribution in [2.24, 2.45) is 5.41 Å². The lowest BCUT2D eigenvalue weighted by atomic mass is 9.85. The number of benzene rings is 2. The SMILES string of the molecule is CC1(c2ccc(F)cc2)CN(C(=O)[C@@H]2CCCN2C(=O)C(NC(=O)c2cc3cc(C(F)(F)P(=O)(O)O)ccc3s2)C(C)(C)C)CCO1. The van der Waals surface area contributed by atoms with E-state index in [9.17, 15) is 32.1 Å². The molecule has 0 bridgehead atoms. The van der Waals surface area contributed by atoms with Gasteiger partial charge in [-0.1, -0.05) is 39.0 Å². The van der Waals surface area contributed by atoms with E-state index in [0.717, 1.165) is 29.0 Å². The number of morpholine rings is 1. The number of alkyl halides is 2. The minimum atomic E-state index is -5.78. The van der Waals surface area contributed by atoms with Crippen molar-refractivity contribution in [1.82, 2.24) is 15.1 Å². The molecule has 0 spiro atoms. The molecule has 0 radical (unpaired) electrons. The molecular formula is C32H37F3N3O7PS. The van der Waals surface area contributed by atoms with Crippen LogP contribution in [0.5, 0.6) is 0 Å². The number of hydrogen-bond acceptors (Lipinski definition) is 6. The van der Waals surface area contributed by atoms with Gasteiger partial charge in [0.2, 0.25) is 11.8 Å². The third-order valence-corrected chi connectivity index (χ3v) is 10.8. The molecule has 2 aromatic carbocycles. The minimum Gasteiger partial charge on any atom is -0.367 e. The molecule has 2 aliphatic heterocycles. The Morgan fingerprint density at radius 3 is 2.40 bits per heavy atom. The van der Waals surface area contributed by atoms with Gasteiger partial charge in [-0.3, -0.25) is 18.9 Å². The largest absolute Gasteiger partial charge is 0.399 e. The second-order valence-electron chi connectivity index (χ2n) is 13.3. The van der Waals surface area contributed by atoms with Gasteiger partial charge < -0.3 is 29.6 Å². The van der Waals surface area contributed by atoms with Crippen molar-refractivity contribution in [1.29, 1.82) is 0 Å². The van der Waals surface area contributed by atoms with Crippen LogP contribution in [0.2, 0.25) is 0 Å². The van der Waals surface area contributed by atoms with Gasteiger partial charge in [0.25, 0.3) is 5.91 Å². The van der Waals surface area contributed by atoms with E-state index < -0.39 is 53.7 Å². The number of rotatable bonds is 7. The molecule has 0 saturated carbocycles. The van der Waals surface area contributed by atoms with E-state index >= 15 is 0 Å². The van der Waals surface area contributed by atoms with Gasteiger partial charge in [0.05, 0.1) is 18.0 Å². The first kappa shape index (κ1) is 35.0. The van der Waals surface area contributed by atoms with Crippen LogP contribution in [0.3, 0.4) is 0 Å². The first-order valence-corrected chi connectivity index (χ1v) is 17.5. The number of carbonyl (C=O) groups is 3. The molecule has 3 heterocycles. The van der Waals surface area contributed by atoms with Gasteiger partial charge >= 0.3 is 13.3 Å². The van der Waals surface area contributed by atoms with Gasteiger partial charge in [-0.2, -0.15) is 8.78 Å². The smallest absolute Gasteiger partial charge is 0.367 e. The third kappa shape index (κ3) is 6.98. The van der Waals surface area contributed by atoms with Crippen LogP contribution in [0.25, 0.3) is 10.1 Å². The van der Waals surface area contributed by atoms with Crippen LogP contribution < -0.4 is 5.32 Å². The molecule has 254 valence electrons. The molecule has 2 saturated heterocycles. The molecule has 3 N–H and O–H groups in total. The molecule has 2 aliphatic rings. The predicted octanol–water partition coefficient (Wildman–Crippen LogP) is 5.18. The summed E-state index contributed by atoms with van der Waals surface area (Å²) in [6.45, 7) is 8.27. The van der Waals surface area contributed by atoms with Crippen LogP contribution >= 0.6 is 18.9 Å². The molecular weight excluding hydrogens is 658 g/mol. The number of ether oxygens (including phenoxy) is 1. The van der Waals surface area contributed by atoms with Gasteiger partial charge in [-0.15, -0.1) is 11.3 Å². The zero-order valence-corrected chi connectivity index (χ0v) is 28.0. The van der Waals surface area contributed by atoms with Crippen molar-refractivity contribution in [3.05, 3.63) is 70.4 Å². The quantitative estimate of drug-likeness (QED) is 0.290. The number of halogens is 3. The average Bonchev–Trinajstić information content (AvgIpc) is 3.66. The highest BCUT2D eigenvalue weighted by molar-refractivity contribution is 7.52. The van der Waals surface area contributed by atoms with Gasteiger partial charge in [0.15, 0.2) is 0 Å². The highest BCUT2D eigenvalue weighted by Gasteiger charge is 2.50. The normalized spacial score (nSPS) is 21.6. The van der Waals surface area contributed by atoms with Gasteiger partial charge in [0.1, 0.15) is 23.5 Å². The molecule has 15 heteroatoms. The number of carbonyl (C=O) groups excluding carboxylic acids is 3. The molecule has 5 rings (SSSR count). The summed E-state index contributed by atoms with van der Waals surface area (Å²) in [5.41, 5.74) is -6.21. The van der Waals surface area contributed by atoms with E-state index in [2.05, 4.69) is 5.32 Å². The predicted molar refractivity (Wildman–Crippen MR) is 169 cm³/mol. The van der Waals surface area contributed by atoms with Crippen LogP contribution in [0, 0.1) is 11.2 Å². The summed E-state index contributed by atoms with van der Waals surface area (Å²) in [4.78, 5) is 62.9. The van der Waals surface area contributed by atoms with E-state index in [1.54, 1.807) is 37.8 Å². The monoisotopic (exact) mass is 695 g/mol. The molecule has 3 amide bonds. The van der Waals surface area contributed by atoms with Crippen molar-refractivity contribution in [3.8, 4) is 0 Å². The summed E-state index contributed by atoms with van der Waals surface area (Å²) >= 11 is 0.982. The Morgan fingerprint density at radius 2 is 1.77 bits per heavy atom. The fraction of sp³-hybridized carbons (Fsp3) is 0.469. The first-order valence-electron chi connectivity index (χ1n) is 15.1. The van der Waals surface area contributed by atoms with Crippen molar-refractivity contribution in [2.75, 3.05) is 26.2 Å². The van der Waals surface area contributed by atoms with Crippen molar-refractivity contribution >= 4 is 46.7 Å². The molecule has 1 aromatic heterocycles. The number of nitrogens with zero attached hydrogens (tertiary/aromatic N) is 2. The Bertz CT molecular complexity index is 1740. The van der Waals surface area contributed by atoms with Crippen molar-refractivity contribution < 1.29 is 46.6 Å². The lowest BCUT2D eigenvalue weighted by Crippen LogP contribution is -2.59. The van der Waals surface area contributed by atoms with Crippen molar-refractivity contribution in [3.63, 3.8) is 0 Å². The Hall–Kier alpha value is -3.29. The molecule has 3 aromatic rings. The second-order valence-corrected chi connectivity index (χ2v) is 16.0. The highest BCUT2D eigenvalue weighted by atomic mass is 32.1. The summed E-state index contributed by atoms with van der Waals surface area (Å²) in [6.07, 6.45) is 1.03.